The molecule has 12 N–H and O–H groups in total. The van der Waals surface area contributed by atoms with Gasteiger partial charge in [-0.2, -0.15) is 0 Å². The first-order valence-corrected chi connectivity index (χ1v) is 18.3. The first kappa shape index (κ1) is 59.4. The molecule has 4 aromatic heterocycles. The molecule has 23 heteroatoms. The van der Waals surface area contributed by atoms with Crippen molar-refractivity contribution in [2.24, 2.45) is 0 Å². The molecule has 0 spiro atoms. The summed E-state index contributed by atoms with van der Waals surface area (Å²) in [6.45, 7) is 0. The number of nitrogens with zero attached hydrogens (tertiary/aromatic N) is 4. The van der Waals surface area contributed by atoms with Crippen LogP contribution in [0.3, 0.4) is 0 Å². The number of carboxylic acid groups (broad SMARTS) is 2. The van der Waals surface area contributed by atoms with E-state index in [1.54, 1.807) is 24.8 Å². The van der Waals surface area contributed by atoms with E-state index in [9.17, 15) is 45.7 Å². The SMILES string of the molecule is O.O.O.O=C([O-])c1ccccc1S(=O)(=O)[O-].O=C([O-])c1ccccc1S(=O)(=O)[O-].[Cu+2].[Cu+2].[OH3+].[OH3+].c1cnc2c(c1)ccc1cccnc12.c1cnc2c(c1)ccc1cccnc12. The predicted octanol–water partition coefficient (Wildman–Crippen LogP) is -0.848. The molecule has 0 saturated carbocycles. The summed E-state index contributed by atoms with van der Waals surface area (Å²) < 4.78 is 63.1. The molecule has 4 heterocycles. The molecule has 8 aromatic rings. The van der Waals surface area contributed by atoms with E-state index in [4.69, 9.17) is 0 Å². The molecule has 0 amide bonds. The molecule has 61 heavy (non-hydrogen) atoms. The van der Waals surface area contributed by atoms with Crippen LogP contribution < -0.4 is 10.2 Å². The number of benzene rings is 4. The fourth-order valence-electron chi connectivity index (χ4n) is 5.07. The van der Waals surface area contributed by atoms with Crippen LogP contribution in [-0.2, 0) is 65.3 Å². The zero-order valence-corrected chi connectivity index (χ0v) is 34.3. The number of fused-ring (bicyclic) bond motifs is 6. The molecule has 8 rings (SSSR count). The predicted molar refractivity (Wildman–Crippen MR) is 212 cm³/mol. The fourth-order valence-corrected chi connectivity index (χ4v) is 6.40. The average molecular weight is 980 g/mol. The van der Waals surface area contributed by atoms with Gasteiger partial charge in [-0.15, -0.1) is 0 Å². The molecule has 0 aliphatic heterocycles. The van der Waals surface area contributed by atoms with Crippen LogP contribution in [0.1, 0.15) is 20.7 Å². The Labute approximate surface area is 368 Å². The summed E-state index contributed by atoms with van der Waals surface area (Å²) in [7, 11) is -9.50. The summed E-state index contributed by atoms with van der Waals surface area (Å²) >= 11 is 0. The topological polar surface area (TPSA) is 407 Å². The third-order valence-electron chi connectivity index (χ3n) is 7.44. The summed E-state index contributed by atoms with van der Waals surface area (Å²) in [4.78, 5) is 36.6. The third-order valence-corrected chi connectivity index (χ3v) is 9.23. The van der Waals surface area contributed by atoms with Gasteiger partial charge >= 0.3 is 34.1 Å². The van der Waals surface area contributed by atoms with Crippen molar-refractivity contribution < 1.29 is 107 Å². The van der Waals surface area contributed by atoms with Crippen LogP contribution in [-0.4, -0.2) is 74.2 Å². The smallest absolute Gasteiger partial charge is 0.744 e. The van der Waals surface area contributed by atoms with E-state index in [-0.39, 0.29) is 61.5 Å². The number of carboxylic acids is 2. The molecular formula is C38H36Cu2N4O15S2+2. The van der Waals surface area contributed by atoms with Crippen LogP contribution in [0, 0.1) is 0 Å². The Kier molecular flexibility index (Phi) is 25.7. The van der Waals surface area contributed by atoms with Gasteiger partial charge in [0.05, 0.1) is 43.8 Å². The number of hydrogen-bond acceptors (Lipinski definition) is 14. The van der Waals surface area contributed by atoms with Crippen LogP contribution >= 0.6 is 0 Å². The van der Waals surface area contributed by atoms with Gasteiger partial charge in [0.2, 0.25) is 0 Å². The molecule has 0 atom stereocenters. The second kappa shape index (κ2) is 26.4. The van der Waals surface area contributed by atoms with E-state index < -0.39 is 53.1 Å². The maximum atomic E-state index is 10.5. The number of hydrogen-bond donors (Lipinski definition) is 0. The second-order valence-corrected chi connectivity index (χ2v) is 13.6. The van der Waals surface area contributed by atoms with E-state index in [2.05, 4.69) is 68.5 Å². The molecule has 19 nitrogen and oxygen atoms in total. The second-order valence-electron chi connectivity index (χ2n) is 10.9. The van der Waals surface area contributed by atoms with Crippen molar-refractivity contribution in [1.29, 1.82) is 0 Å². The summed E-state index contributed by atoms with van der Waals surface area (Å²) in [5.74, 6) is -3.37. The molecule has 2 radical (unpaired) electrons. The molecule has 0 aliphatic rings. The number of carbonyl (C=O) groups excluding carboxylic acids is 2. The molecule has 0 unspecified atom stereocenters. The van der Waals surface area contributed by atoms with E-state index in [1.165, 1.54) is 24.3 Å². The van der Waals surface area contributed by atoms with Crippen molar-refractivity contribution >= 4 is 75.8 Å². The van der Waals surface area contributed by atoms with Gasteiger partial charge in [0.25, 0.3) is 0 Å². The maximum Gasteiger partial charge on any atom is 2.00 e. The molecule has 0 fully saturated rings. The number of aromatic carboxylic acids is 2. The van der Waals surface area contributed by atoms with Crippen LogP contribution in [0.4, 0.5) is 0 Å². The molecule has 4 aromatic carbocycles. The Morgan fingerprint density at radius 1 is 0.393 bits per heavy atom. The average Bonchev–Trinajstić information content (AvgIpc) is 3.18. The minimum Gasteiger partial charge on any atom is -0.744 e. The van der Waals surface area contributed by atoms with Gasteiger partial charge in [0, 0.05) is 57.5 Å². The Hall–Kier alpha value is -5.88. The van der Waals surface area contributed by atoms with E-state index in [0.717, 1.165) is 67.9 Å². The van der Waals surface area contributed by atoms with Gasteiger partial charge in [-0.1, -0.05) is 84.9 Å². The first-order chi connectivity index (χ1) is 25.8. The minimum absolute atomic E-state index is 0. The standard InChI is InChI=1S/2C12H8N2.2C7H6O5S.2Cu.5H2O/c2*1-3-9-5-6-10-4-2-8-14-12(10)11(9)13-7-1;2*8-7(9)5-3-1-2-4-6(5)13(10,11)12;;;;;;;/h2*1-8H;2*1-4H,(H,8,9)(H,10,11,12);;;5*1H2/q;;;;2*+2;;;;;/p-2. The van der Waals surface area contributed by atoms with Gasteiger partial charge in [-0.25, -0.2) is 16.8 Å². The zero-order chi connectivity index (χ0) is 38.9. The van der Waals surface area contributed by atoms with E-state index in [1.807, 2.05) is 24.3 Å². The monoisotopic (exact) mass is 978 g/mol. The van der Waals surface area contributed by atoms with Crippen molar-refractivity contribution in [3.8, 4) is 0 Å². The Balaban J connectivity index is -0.000000709. The van der Waals surface area contributed by atoms with Crippen LogP contribution in [0.15, 0.2) is 156 Å². The number of carbonyl (C=O) groups is 2. The molecular weight excluding hydrogens is 944 g/mol. The van der Waals surface area contributed by atoms with Crippen molar-refractivity contribution in [2.45, 2.75) is 9.79 Å². The molecule has 0 bridgehead atoms. The Morgan fingerprint density at radius 3 is 0.820 bits per heavy atom. The Morgan fingerprint density at radius 2 is 0.623 bits per heavy atom. The van der Waals surface area contributed by atoms with Crippen LogP contribution in [0.2, 0.25) is 0 Å². The zero-order valence-electron chi connectivity index (χ0n) is 30.8. The van der Waals surface area contributed by atoms with Crippen molar-refractivity contribution in [3.63, 3.8) is 0 Å². The van der Waals surface area contributed by atoms with E-state index >= 15 is 0 Å². The van der Waals surface area contributed by atoms with Gasteiger partial charge in [-0.05, 0) is 36.4 Å². The summed E-state index contributed by atoms with van der Waals surface area (Å²) in [6, 6.07) is 33.3. The van der Waals surface area contributed by atoms with Gasteiger partial charge in [-0.3, -0.25) is 19.9 Å². The van der Waals surface area contributed by atoms with Crippen LogP contribution in [0.25, 0.3) is 43.6 Å². The Bertz CT molecular complexity index is 2590. The molecule has 0 aliphatic carbocycles. The third kappa shape index (κ3) is 15.3. The molecule has 0 saturated heterocycles. The number of pyridine rings is 4. The van der Waals surface area contributed by atoms with Gasteiger partial charge < -0.3 is 56.3 Å². The summed E-state index contributed by atoms with van der Waals surface area (Å²) in [5.41, 5.74) is 2.68. The first-order valence-electron chi connectivity index (χ1n) is 15.4. The maximum absolute atomic E-state index is 10.5. The number of rotatable bonds is 4. The fraction of sp³-hybridized carbons (Fsp3) is 0. The van der Waals surface area contributed by atoms with E-state index in [0.29, 0.717) is 0 Å². The minimum atomic E-state index is -4.75. The van der Waals surface area contributed by atoms with Crippen molar-refractivity contribution in [3.05, 3.63) is 157 Å². The summed E-state index contributed by atoms with van der Waals surface area (Å²) in [6.07, 6.45) is 7.21. The van der Waals surface area contributed by atoms with Gasteiger partial charge in [0.1, 0.15) is 20.2 Å². The normalized spacial score (nSPS) is 9.74. The van der Waals surface area contributed by atoms with Crippen LogP contribution in [0.5, 0.6) is 0 Å². The number of aromatic nitrogens is 4. The van der Waals surface area contributed by atoms with Crippen molar-refractivity contribution in [1.82, 2.24) is 19.9 Å². The molecule has 330 valence electrons. The van der Waals surface area contributed by atoms with Gasteiger partial charge in [0.15, 0.2) is 0 Å². The summed E-state index contributed by atoms with van der Waals surface area (Å²) in [5, 5.41) is 25.3. The largest absolute Gasteiger partial charge is 2.00 e. The van der Waals surface area contributed by atoms with Crippen molar-refractivity contribution in [2.75, 3.05) is 0 Å². The quantitative estimate of drug-likeness (QED) is 0.0898.